The van der Waals surface area contributed by atoms with Gasteiger partial charge in [0, 0.05) is 11.7 Å². The zero-order chi connectivity index (χ0) is 13.2. The van der Waals surface area contributed by atoms with Crippen molar-refractivity contribution in [3.8, 4) is 0 Å². The van der Waals surface area contributed by atoms with Crippen LogP contribution in [0, 0.1) is 18.3 Å². The molecule has 2 unspecified atom stereocenters. The lowest BCUT2D eigenvalue weighted by molar-refractivity contribution is 0.163. The lowest BCUT2D eigenvalue weighted by Gasteiger charge is -2.41. The highest BCUT2D eigenvalue weighted by Crippen LogP contribution is 2.39. The van der Waals surface area contributed by atoms with Crippen molar-refractivity contribution in [1.82, 2.24) is 0 Å². The normalized spacial score (nSPS) is 24.9. The van der Waals surface area contributed by atoms with Crippen LogP contribution < -0.4 is 5.32 Å². The number of anilines is 1. The maximum Gasteiger partial charge on any atom is 0.0342 e. The van der Waals surface area contributed by atoms with Crippen molar-refractivity contribution in [2.24, 2.45) is 11.3 Å². The quantitative estimate of drug-likeness (QED) is 0.772. The Bertz CT molecular complexity index is 372. The van der Waals surface area contributed by atoms with Crippen LogP contribution in [0.2, 0.25) is 0 Å². The Balaban J connectivity index is 2.08. The smallest absolute Gasteiger partial charge is 0.0342 e. The zero-order valence-corrected chi connectivity index (χ0v) is 12.3. The third-order valence-electron chi connectivity index (χ3n) is 4.28. The van der Waals surface area contributed by atoms with E-state index in [-0.39, 0.29) is 0 Å². The molecule has 18 heavy (non-hydrogen) atoms. The van der Waals surface area contributed by atoms with Crippen LogP contribution in [0.4, 0.5) is 5.69 Å². The number of aryl methyl sites for hydroxylation is 1. The summed E-state index contributed by atoms with van der Waals surface area (Å²) in [5.41, 5.74) is 3.02. The van der Waals surface area contributed by atoms with E-state index in [9.17, 15) is 0 Å². The minimum absolute atomic E-state index is 0.406. The van der Waals surface area contributed by atoms with Gasteiger partial charge in [0.05, 0.1) is 0 Å². The summed E-state index contributed by atoms with van der Waals surface area (Å²) in [5.74, 6) is 0.785. The standard InChI is InChI=1S/C17H27N/c1-13-9-11-14(12-10-13)18-16-8-6-5-7-15(16)17(2,3)4/h9-12,15-16,18H,5-8H2,1-4H3. The number of hydrogen-bond donors (Lipinski definition) is 1. The second kappa shape index (κ2) is 5.34. The van der Waals surface area contributed by atoms with E-state index in [4.69, 9.17) is 0 Å². The van der Waals surface area contributed by atoms with E-state index in [2.05, 4.69) is 57.3 Å². The maximum atomic E-state index is 3.76. The lowest BCUT2D eigenvalue weighted by atomic mass is 9.69. The first-order valence-electron chi connectivity index (χ1n) is 7.30. The fourth-order valence-corrected chi connectivity index (χ4v) is 3.20. The second-order valence-electron chi connectivity index (χ2n) is 6.87. The van der Waals surface area contributed by atoms with Gasteiger partial charge in [-0.05, 0) is 43.2 Å². The number of rotatable bonds is 2. The summed E-state index contributed by atoms with van der Waals surface area (Å²) < 4.78 is 0. The summed E-state index contributed by atoms with van der Waals surface area (Å²) in [6, 6.07) is 9.45. The third kappa shape index (κ3) is 3.28. The van der Waals surface area contributed by atoms with Crippen molar-refractivity contribution in [3.63, 3.8) is 0 Å². The van der Waals surface area contributed by atoms with Gasteiger partial charge in [-0.2, -0.15) is 0 Å². The first-order chi connectivity index (χ1) is 8.47. The number of hydrogen-bond acceptors (Lipinski definition) is 1. The van der Waals surface area contributed by atoms with Crippen LogP contribution in [0.25, 0.3) is 0 Å². The average Bonchev–Trinajstić information content (AvgIpc) is 2.31. The molecule has 1 nitrogen and oxygen atoms in total. The number of nitrogens with one attached hydrogen (secondary N) is 1. The Morgan fingerprint density at radius 3 is 2.22 bits per heavy atom. The van der Waals surface area contributed by atoms with Gasteiger partial charge in [0.25, 0.3) is 0 Å². The third-order valence-corrected chi connectivity index (χ3v) is 4.28. The highest BCUT2D eigenvalue weighted by molar-refractivity contribution is 5.45. The molecule has 100 valence electrons. The Kier molecular flexibility index (Phi) is 3.99. The summed E-state index contributed by atoms with van der Waals surface area (Å²) in [4.78, 5) is 0. The molecule has 1 aromatic rings. The predicted octanol–water partition coefficient (Wildman–Crippen LogP) is 5.01. The number of benzene rings is 1. The molecule has 1 saturated carbocycles. The summed E-state index contributed by atoms with van der Waals surface area (Å²) in [6.45, 7) is 9.29. The van der Waals surface area contributed by atoms with E-state index < -0.39 is 0 Å². The minimum Gasteiger partial charge on any atom is -0.382 e. The summed E-state index contributed by atoms with van der Waals surface area (Å²) in [6.07, 6.45) is 5.45. The van der Waals surface area contributed by atoms with Gasteiger partial charge in [-0.25, -0.2) is 0 Å². The van der Waals surface area contributed by atoms with E-state index in [1.165, 1.54) is 36.9 Å². The molecule has 1 aromatic carbocycles. The summed E-state index contributed by atoms with van der Waals surface area (Å²) >= 11 is 0. The molecule has 1 fully saturated rings. The highest BCUT2D eigenvalue weighted by Gasteiger charge is 2.33. The van der Waals surface area contributed by atoms with Gasteiger partial charge in [0.15, 0.2) is 0 Å². The molecule has 0 bridgehead atoms. The van der Waals surface area contributed by atoms with Crippen LogP contribution in [-0.2, 0) is 0 Å². The zero-order valence-electron chi connectivity index (χ0n) is 12.3. The topological polar surface area (TPSA) is 12.0 Å². The fraction of sp³-hybridized carbons (Fsp3) is 0.647. The molecule has 0 aliphatic heterocycles. The Morgan fingerprint density at radius 1 is 1.00 bits per heavy atom. The van der Waals surface area contributed by atoms with Crippen molar-refractivity contribution in [3.05, 3.63) is 29.8 Å². The van der Waals surface area contributed by atoms with Gasteiger partial charge >= 0.3 is 0 Å². The predicted molar refractivity (Wildman–Crippen MR) is 80.0 cm³/mol. The molecule has 0 saturated heterocycles. The largest absolute Gasteiger partial charge is 0.382 e. The van der Waals surface area contributed by atoms with Gasteiger partial charge in [-0.15, -0.1) is 0 Å². The highest BCUT2D eigenvalue weighted by atomic mass is 14.9. The molecule has 1 aliphatic rings. The first-order valence-corrected chi connectivity index (χ1v) is 7.30. The van der Waals surface area contributed by atoms with E-state index >= 15 is 0 Å². The molecule has 1 N–H and O–H groups in total. The maximum absolute atomic E-state index is 3.76. The first kappa shape index (κ1) is 13.5. The van der Waals surface area contributed by atoms with Gasteiger partial charge in [-0.1, -0.05) is 51.3 Å². The van der Waals surface area contributed by atoms with Crippen molar-refractivity contribution >= 4 is 5.69 Å². The average molecular weight is 245 g/mol. The molecule has 0 aromatic heterocycles. The van der Waals surface area contributed by atoms with E-state index in [1.54, 1.807) is 0 Å². The molecule has 1 heteroatoms. The molecule has 0 amide bonds. The molecule has 1 aliphatic carbocycles. The Morgan fingerprint density at radius 2 is 1.61 bits per heavy atom. The van der Waals surface area contributed by atoms with E-state index in [0.717, 1.165) is 5.92 Å². The van der Waals surface area contributed by atoms with Gasteiger partial charge in [-0.3, -0.25) is 0 Å². The van der Waals surface area contributed by atoms with Gasteiger partial charge in [0.2, 0.25) is 0 Å². The van der Waals surface area contributed by atoms with Crippen LogP contribution in [-0.4, -0.2) is 6.04 Å². The van der Waals surface area contributed by atoms with E-state index in [1.807, 2.05) is 0 Å². The summed E-state index contributed by atoms with van der Waals surface area (Å²) in [7, 11) is 0. The molecule has 2 rings (SSSR count). The van der Waals surface area contributed by atoms with Crippen molar-refractivity contribution < 1.29 is 0 Å². The van der Waals surface area contributed by atoms with Crippen molar-refractivity contribution in [2.45, 2.75) is 59.4 Å². The molecular formula is C17H27N. The lowest BCUT2D eigenvalue weighted by Crippen LogP contribution is -2.39. The van der Waals surface area contributed by atoms with Crippen LogP contribution in [0.15, 0.2) is 24.3 Å². The molecule has 0 radical (unpaired) electrons. The monoisotopic (exact) mass is 245 g/mol. The van der Waals surface area contributed by atoms with Crippen LogP contribution >= 0.6 is 0 Å². The van der Waals surface area contributed by atoms with Crippen molar-refractivity contribution in [2.75, 3.05) is 5.32 Å². The fourth-order valence-electron chi connectivity index (χ4n) is 3.20. The molecule has 0 heterocycles. The van der Waals surface area contributed by atoms with Crippen LogP contribution in [0.5, 0.6) is 0 Å². The molecule has 0 spiro atoms. The Labute approximate surface area is 112 Å². The molecular weight excluding hydrogens is 218 g/mol. The van der Waals surface area contributed by atoms with Crippen LogP contribution in [0.3, 0.4) is 0 Å². The van der Waals surface area contributed by atoms with Gasteiger partial charge < -0.3 is 5.32 Å². The van der Waals surface area contributed by atoms with Crippen LogP contribution in [0.1, 0.15) is 52.0 Å². The molecule has 2 atom stereocenters. The minimum atomic E-state index is 0.406. The van der Waals surface area contributed by atoms with Crippen molar-refractivity contribution in [1.29, 1.82) is 0 Å². The van der Waals surface area contributed by atoms with E-state index in [0.29, 0.717) is 11.5 Å². The SMILES string of the molecule is Cc1ccc(NC2CCCCC2C(C)(C)C)cc1. The second-order valence-corrected chi connectivity index (χ2v) is 6.87. The van der Waals surface area contributed by atoms with Gasteiger partial charge in [0.1, 0.15) is 0 Å². The Hall–Kier alpha value is -0.980. The summed E-state index contributed by atoms with van der Waals surface area (Å²) in [5, 5.41) is 3.76.